The highest BCUT2D eigenvalue weighted by Crippen LogP contribution is 2.58. The Labute approximate surface area is 413 Å². The summed E-state index contributed by atoms with van der Waals surface area (Å²) in [6.07, 6.45) is -1.72. The second-order valence-corrected chi connectivity index (χ2v) is 21.6. The Morgan fingerprint density at radius 1 is 0.792 bits per heavy atom. The van der Waals surface area contributed by atoms with Crippen LogP contribution in [0, 0.1) is 0 Å². The number of carbonyl (C=O) groups is 3. The van der Waals surface area contributed by atoms with E-state index in [4.69, 9.17) is 40.1 Å². The molecule has 6 aromatic rings. The number of benzene rings is 4. The van der Waals surface area contributed by atoms with E-state index >= 15 is 0 Å². The number of anilines is 1. The minimum atomic E-state index is -4.90. The zero-order valence-corrected chi connectivity index (χ0v) is 40.2. The monoisotopic (exact) mass is 1050 g/mol. The number of hydrogen-bond donors (Lipinski definition) is 10. The molecule has 3 aliphatic heterocycles. The second kappa shape index (κ2) is 20.2. The number of nitrogens with one attached hydrogen (secondary N) is 3. The average molecular weight is 1050 g/mol. The Hall–Kier alpha value is -6.49. The van der Waals surface area contributed by atoms with Gasteiger partial charge in [-0.15, -0.1) is 0 Å². The van der Waals surface area contributed by atoms with Gasteiger partial charge in [0.05, 0.1) is 18.5 Å². The number of phenols is 2. The number of ether oxygens (including phenoxy) is 3. The zero-order chi connectivity index (χ0) is 51.1. The minimum Gasteiger partial charge on any atom is -0.508 e. The highest BCUT2D eigenvalue weighted by atomic mass is 35.5. The standard InChI is InChI=1S/C46H46ClN7O16P2/c47-45-52-39(36-40(53-45)54(22-51-36)43-38(58)37(57)35(69-43)21-67-72(65,66)23-71(62,63)64)50-20-24-5-7-25(8-6-24)41(59)48-15-3-1-2-4-16-49-42(60)26-9-12-30-29(17-26)44(61)70-46(30)31-13-10-27(55)18-33(31)68-34-19-28(56)11-14-32(34)46/h5-14,17-19,22,35,37-38,43,55-58H,1-4,15-16,20-21,23H2,(H,48,59)(H,49,60)(H,65,66)(H,50,52,53)(H2,62,63,64)/t35-,37+,38+,43-/m1/s1. The van der Waals surface area contributed by atoms with Crippen molar-refractivity contribution in [3.63, 3.8) is 0 Å². The van der Waals surface area contributed by atoms with Crippen molar-refractivity contribution in [1.29, 1.82) is 0 Å². The number of phenolic OH excluding ortho intramolecular Hbond substituents is 2. The number of aliphatic hydroxyl groups excluding tert-OH is 2. The summed E-state index contributed by atoms with van der Waals surface area (Å²) in [5.74, 6) is -2.11. The number of amides is 2. The number of fused-ring (bicyclic) bond motifs is 7. The normalized spacial score (nSPS) is 19.4. The van der Waals surface area contributed by atoms with Gasteiger partial charge in [-0.2, -0.15) is 9.97 Å². The quantitative estimate of drug-likeness (QED) is 0.0240. The first-order valence-corrected chi connectivity index (χ1v) is 26.3. The summed E-state index contributed by atoms with van der Waals surface area (Å²) in [5, 5.41) is 50.4. The van der Waals surface area contributed by atoms with Crippen LogP contribution < -0.4 is 20.7 Å². The maximum Gasteiger partial charge on any atom is 0.340 e. The summed E-state index contributed by atoms with van der Waals surface area (Å²) >= 11 is 6.24. The SMILES string of the molecule is O=C(NCCCCCCNC(=O)c1ccc2c(c1)C(=O)OC21c2ccc(O)cc2Oc2cc(O)ccc21)c1ccc(CNc2nc(Cl)nc3c2ncn3[C@@H]2O[C@H](COP(=O)(O)CP(=O)(O)O)[C@H](O)[C@@H]2O)cc1. The highest BCUT2D eigenvalue weighted by Gasteiger charge is 2.54. The number of imidazole rings is 1. The average Bonchev–Trinajstić information content (AvgIpc) is 3.97. The summed E-state index contributed by atoms with van der Waals surface area (Å²) < 4.78 is 47.1. The Morgan fingerprint density at radius 3 is 2.04 bits per heavy atom. The molecule has 9 rings (SSSR count). The fourth-order valence-corrected chi connectivity index (χ4v) is 11.5. The van der Waals surface area contributed by atoms with Crippen molar-refractivity contribution >= 4 is 61.6 Å². The molecular formula is C46H46ClN7O16P2. The van der Waals surface area contributed by atoms with Crippen LogP contribution in [0.2, 0.25) is 5.28 Å². The lowest BCUT2D eigenvalue weighted by atomic mass is 9.77. The molecule has 1 saturated heterocycles. The lowest BCUT2D eigenvalue weighted by Crippen LogP contribution is -2.33. The molecule has 2 amide bonds. The number of hydrogen-bond acceptors (Lipinski definition) is 17. The Kier molecular flexibility index (Phi) is 14.2. The number of aromatic nitrogens is 4. The van der Waals surface area contributed by atoms with Crippen molar-refractivity contribution in [2.45, 2.75) is 62.4 Å². The van der Waals surface area contributed by atoms with E-state index in [1.807, 2.05) is 0 Å². The molecule has 2 aromatic heterocycles. The molecule has 26 heteroatoms. The van der Waals surface area contributed by atoms with Gasteiger partial charge >= 0.3 is 21.2 Å². The molecule has 1 spiro atoms. The predicted molar refractivity (Wildman–Crippen MR) is 254 cm³/mol. The van der Waals surface area contributed by atoms with Crippen molar-refractivity contribution in [2.24, 2.45) is 0 Å². The van der Waals surface area contributed by atoms with Crippen LogP contribution >= 0.6 is 26.8 Å². The summed E-state index contributed by atoms with van der Waals surface area (Å²) in [4.78, 5) is 80.2. The van der Waals surface area contributed by atoms with Crippen LogP contribution in [0.4, 0.5) is 5.82 Å². The van der Waals surface area contributed by atoms with Gasteiger partial charge < -0.3 is 69.8 Å². The van der Waals surface area contributed by atoms with Gasteiger partial charge in [-0.1, -0.05) is 31.0 Å². The van der Waals surface area contributed by atoms with E-state index in [0.717, 1.165) is 18.4 Å². The molecule has 3 aliphatic rings. The number of rotatable bonds is 18. The topological polar surface area (TPSA) is 344 Å². The summed E-state index contributed by atoms with van der Waals surface area (Å²) in [5.41, 5.74) is 2.01. The van der Waals surface area contributed by atoms with Crippen molar-refractivity contribution in [1.82, 2.24) is 30.2 Å². The number of esters is 1. The molecule has 378 valence electrons. The first-order valence-electron chi connectivity index (χ1n) is 22.3. The van der Waals surface area contributed by atoms with Crippen LogP contribution in [0.5, 0.6) is 23.0 Å². The van der Waals surface area contributed by atoms with E-state index in [-0.39, 0.29) is 74.7 Å². The smallest absolute Gasteiger partial charge is 0.340 e. The Balaban J connectivity index is 0.713. The van der Waals surface area contributed by atoms with Gasteiger partial charge in [0.15, 0.2) is 34.7 Å². The van der Waals surface area contributed by atoms with Gasteiger partial charge in [0.1, 0.15) is 41.3 Å². The number of unbranched alkanes of at least 4 members (excludes halogenated alkanes) is 3. The van der Waals surface area contributed by atoms with E-state index in [1.54, 1.807) is 48.5 Å². The second-order valence-electron chi connectivity index (χ2n) is 17.2. The van der Waals surface area contributed by atoms with Crippen LogP contribution in [-0.4, -0.2) is 116 Å². The molecule has 0 radical (unpaired) electrons. The van der Waals surface area contributed by atoms with E-state index in [0.29, 0.717) is 48.2 Å². The predicted octanol–water partition coefficient (Wildman–Crippen LogP) is 4.75. The zero-order valence-electron chi connectivity index (χ0n) is 37.6. The minimum absolute atomic E-state index is 0.0593. The number of aliphatic hydroxyl groups is 2. The Bertz CT molecular complexity index is 3140. The molecule has 1 unspecified atom stereocenters. The van der Waals surface area contributed by atoms with Gasteiger partial charge in [0, 0.05) is 59.6 Å². The molecule has 0 bridgehead atoms. The fourth-order valence-electron chi connectivity index (χ4n) is 8.78. The van der Waals surface area contributed by atoms with Crippen LogP contribution in [0.1, 0.15) is 85.2 Å². The first kappa shape index (κ1) is 50.5. The van der Waals surface area contributed by atoms with Crippen LogP contribution in [0.25, 0.3) is 11.2 Å². The maximum absolute atomic E-state index is 13.4. The maximum atomic E-state index is 13.4. The first-order chi connectivity index (χ1) is 34.3. The van der Waals surface area contributed by atoms with Gasteiger partial charge in [-0.05, 0) is 78.5 Å². The van der Waals surface area contributed by atoms with Gasteiger partial charge in [-0.3, -0.25) is 23.3 Å². The molecule has 4 aromatic carbocycles. The molecule has 0 aliphatic carbocycles. The van der Waals surface area contributed by atoms with Crippen molar-refractivity contribution in [3.8, 4) is 23.0 Å². The molecule has 10 N–H and O–H groups in total. The molecule has 0 saturated carbocycles. The van der Waals surface area contributed by atoms with Crippen LogP contribution in [0.15, 0.2) is 85.2 Å². The number of aromatic hydroxyl groups is 2. The summed E-state index contributed by atoms with van der Waals surface area (Å²) in [6, 6.07) is 20.6. The lowest BCUT2D eigenvalue weighted by Gasteiger charge is -2.36. The third kappa shape index (κ3) is 10.4. The molecule has 1 fully saturated rings. The van der Waals surface area contributed by atoms with E-state index in [1.165, 1.54) is 41.2 Å². The van der Waals surface area contributed by atoms with Crippen LogP contribution in [0.3, 0.4) is 0 Å². The largest absolute Gasteiger partial charge is 0.508 e. The van der Waals surface area contributed by atoms with Gasteiger partial charge in [0.2, 0.25) is 5.28 Å². The third-order valence-corrected chi connectivity index (χ3v) is 15.8. The van der Waals surface area contributed by atoms with E-state index in [2.05, 4.69) is 30.9 Å². The number of nitrogens with zero attached hydrogens (tertiary/aromatic N) is 4. The third-order valence-electron chi connectivity index (χ3n) is 12.2. The van der Waals surface area contributed by atoms with Crippen molar-refractivity contribution < 1.29 is 77.4 Å². The van der Waals surface area contributed by atoms with E-state index < -0.39 is 63.8 Å². The molecule has 5 heterocycles. The van der Waals surface area contributed by atoms with Crippen molar-refractivity contribution in [2.75, 3.05) is 30.9 Å². The molecule has 5 atom stereocenters. The summed E-state index contributed by atoms with van der Waals surface area (Å²) in [6.45, 7) is 0.264. The molecule has 72 heavy (non-hydrogen) atoms. The highest BCUT2D eigenvalue weighted by molar-refractivity contribution is 7.70. The molecular weight excluding hydrogens is 1000 g/mol. The summed E-state index contributed by atoms with van der Waals surface area (Å²) in [7, 11) is -9.67. The number of carbonyl (C=O) groups excluding carboxylic acids is 3. The van der Waals surface area contributed by atoms with Crippen molar-refractivity contribution in [3.05, 3.63) is 129 Å². The fraction of sp³-hybridized carbons (Fsp3) is 0.304. The lowest BCUT2D eigenvalue weighted by molar-refractivity contribution is -0.0483. The van der Waals surface area contributed by atoms with Gasteiger partial charge in [-0.25, -0.2) is 9.78 Å². The van der Waals surface area contributed by atoms with E-state index in [9.17, 15) is 48.8 Å². The van der Waals surface area contributed by atoms with Gasteiger partial charge in [0.25, 0.3) is 11.8 Å². The Morgan fingerprint density at radius 2 is 1.40 bits per heavy atom. The number of halogens is 1. The molecule has 23 nitrogen and oxygen atoms in total. The van der Waals surface area contributed by atoms with Crippen LogP contribution in [-0.2, 0) is 35.3 Å².